The minimum Gasteiger partial charge on any atom is -0.494 e. The number of hydrazone groups is 1. The minimum atomic E-state index is -0.473. The fourth-order valence-corrected chi connectivity index (χ4v) is 4.32. The van der Waals surface area contributed by atoms with Gasteiger partial charge in [0.05, 0.1) is 32.6 Å². The van der Waals surface area contributed by atoms with E-state index in [2.05, 4.69) is 26.5 Å². The van der Waals surface area contributed by atoms with Crippen LogP contribution in [0.2, 0.25) is 5.02 Å². The molecule has 138 valence electrons. The number of methoxy groups -OCH3 is 1. The summed E-state index contributed by atoms with van der Waals surface area (Å²) in [6, 6.07) is 9.46. The van der Waals surface area contributed by atoms with E-state index in [9.17, 15) is 14.9 Å². The summed E-state index contributed by atoms with van der Waals surface area (Å²) in [4.78, 5) is 23.0. The number of carbonyl (C=O) groups is 1. The second-order valence-corrected chi connectivity index (χ2v) is 7.65. The molecule has 0 saturated carbocycles. The van der Waals surface area contributed by atoms with Crippen molar-refractivity contribution < 1.29 is 14.5 Å². The number of nitrogens with zero attached hydrogens (tertiary/aromatic N) is 2. The monoisotopic (exact) mass is 467 g/mol. The highest BCUT2D eigenvalue weighted by atomic mass is 79.9. The first-order valence-electron chi connectivity index (χ1n) is 7.43. The van der Waals surface area contributed by atoms with Gasteiger partial charge in [-0.15, -0.1) is 11.3 Å². The molecule has 27 heavy (non-hydrogen) atoms. The fraction of sp³-hybridized carbons (Fsp3) is 0.0588. The molecule has 1 N–H and O–H groups in total. The molecule has 0 aliphatic carbocycles. The van der Waals surface area contributed by atoms with Crippen LogP contribution in [0, 0.1) is 10.1 Å². The SMILES string of the molecule is COc1c(Cl)cc(/C=N\NC(=O)c2cc3cc([N+](=O)[O-])ccc3s2)cc1Br. The standard InChI is InChI=1S/C17H11BrClN3O4S/c1-26-16-12(18)4-9(5-13(16)19)8-20-21-17(23)15-7-10-6-11(22(24)25)2-3-14(10)27-15/h2-8H,1H3,(H,21,23)/b20-8-. The summed E-state index contributed by atoms with van der Waals surface area (Å²) in [6.45, 7) is 0. The van der Waals surface area contributed by atoms with Crippen LogP contribution < -0.4 is 10.2 Å². The second-order valence-electron chi connectivity index (χ2n) is 5.31. The zero-order valence-electron chi connectivity index (χ0n) is 13.7. The first-order valence-corrected chi connectivity index (χ1v) is 9.42. The van der Waals surface area contributed by atoms with Crippen molar-refractivity contribution in [1.82, 2.24) is 5.43 Å². The average Bonchev–Trinajstić information content (AvgIpc) is 3.04. The van der Waals surface area contributed by atoms with Gasteiger partial charge in [-0.1, -0.05) is 11.6 Å². The van der Waals surface area contributed by atoms with Crippen molar-refractivity contribution >= 4 is 66.8 Å². The molecule has 0 unspecified atom stereocenters. The third-order valence-corrected chi connectivity index (χ3v) is 5.52. The number of thiophene rings is 1. The van der Waals surface area contributed by atoms with Crippen molar-refractivity contribution in [3.63, 3.8) is 0 Å². The van der Waals surface area contributed by atoms with Gasteiger partial charge in [-0.2, -0.15) is 5.10 Å². The molecule has 1 amide bonds. The summed E-state index contributed by atoms with van der Waals surface area (Å²) in [7, 11) is 1.51. The Morgan fingerprint density at radius 3 is 2.81 bits per heavy atom. The van der Waals surface area contributed by atoms with Gasteiger partial charge in [0.15, 0.2) is 5.75 Å². The van der Waals surface area contributed by atoms with Gasteiger partial charge in [-0.25, -0.2) is 5.43 Å². The lowest BCUT2D eigenvalue weighted by atomic mass is 10.2. The summed E-state index contributed by atoms with van der Waals surface area (Å²) >= 11 is 10.7. The molecule has 0 bridgehead atoms. The van der Waals surface area contributed by atoms with E-state index >= 15 is 0 Å². The van der Waals surface area contributed by atoms with Gasteiger partial charge in [0.2, 0.25) is 0 Å². The highest BCUT2D eigenvalue weighted by Crippen LogP contribution is 2.33. The normalized spacial score (nSPS) is 11.1. The van der Waals surface area contributed by atoms with Crippen molar-refractivity contribution in [2.24, 2.45) is 5.10 Å². The van der Waals surface area contributed by atoms with Crippen LogP contribution in [-0.4, -0.2) is 24.2 Å². The average molecular weight is 469 g/mol. The summed E-state index contributed by atoms with van der Waals surface area (Å²) in [6.07, 6.45) is 1.45. The third kappa shape index (κ3) is 4.26. The number of non-ortho nitro benzene ring substituents is 1. The first-order chi connectivity index (χ1) is 12.9. The molecule has 1 heterocycles. The Morgan fingerprint density at radius 1 is 1.37 bits per heavy atom. The Morgan fingerprint density at radius 2 is 2.15 bits per heavy atom. The molecule has 0 spiro atoms. The van der Waals surface area contributed by atoms with Crippen molar-refractivity contribution in [3.05, 3.63) is 66.4 Å². The molecule has 0 atom stereocenters. The Labute approximate surface area is 170 Å². The molecule has 0 radical (unpaired) electrons. The number of benzene rings is 2. The van der Waals surface area contributed by atoms with Crippen LogP contribution >= 0.6 is 38.9 Å². The number of amides is 1. The van der Waals surface area contributed by atoms with E-state index in [1.54, 1.807) is 24.3 Å². The van der Waals surface area contributed by atoms with Gasteiger partial charge in [0.1, 0.15) is 0 Å². The lowest BCUT2D eigenvalue weighted by Crippen LogP contribution is -2.16. The van der Waals surface area contributed by atoms with Gasteiger partial charge < -0.3 is 4.74 Å². The first kappa shape index (κ1) is 19.3. The van der Waals surface area contributed by atoms with E-state index in [4.69, 9.17) is 16.3 Å². The zero-order chi connectivity index (χ0) is 19.6. The number of rotatable bonds is 5. The number of hydrogen-bond acceptors (Lipinski definition) is 6. The number of ether oxygens (including phenoxy) is 1. The third-order valence-electron chi connectivity index (χ3n) is 3.54. The summed E-state index contributed by atoms with van der Waals surface area (Å²) in [5.74, 6) is 0.103. The molecular weight excluding hydrogens is 458 g/mol. The van der Waals surface area contributed by atoms with E-state index in [1.807, 2.05) is 0 Å². The predicted molar refractivity (Wildman–Crippen MR) is 109 cm³/mol. The van der Waals surface area contributed by atoms with Crippen LogP contribution in [0.15, 0.2) is 46.0 Å². The van der Waals surface area contributed by atoms with Gasteiger partial charge >= 0.3 is 0 Å². The van der Waals surface area contributed by atoms with Gasteiger partial charge in [-0.3, -0.25) is 14.9 Å². The minimum absolute atomic E-state index is 0.0211. The Hall–Kier alpha value is -2.49. The highest BCUT2D eigenvalue weighted by molar-refractivity contribution is 9.10. The topological polar surface area (TPSA) is 93.8 Å². The van der Waals surface area contributed by atoms with Gasteiger partial charge in [0, 0.05) is 22.2 Å². The number of carbonyl (C=O) groups excluding carboxylic acids is 1. The lowest BCUT2D eigenvalue weighted by molar-refractivity contribution is -0.384. The number of nitrogens with one attached hydrogen (secondary N) is 1. The Kier molecular flexibility index (Phi) is 5.73. The van der Waals surface area contributed by atoms with Crippen molar-refractivity contribution in [1.29, 1.82) is 0 Å². The van der Waals surface area contributed by atoms with Crippen LogP contribution in [0.3, 0.4) is 0 Å². The second kappa shape index (κ2) is 8.03. The lowest BCUT2D eigenvalue weighted by Gasteiger charge is -2.06. The molecule has 0 aliphatic rings. The fourth-order valence-electron chi connectivity index (χ4n) is 2.33. The summed E-state index contributed by atoms with van der Waals surface area (Å²) in [5.41, 5.74) is 3.08. The molecule has 0 aliphatic heterocycles. The number of nitro benzene ring substituents is 1. The largest absolute Gasteiger partial charge is 0.494 e. The predicted octanol–water partition coefficient (Wildman–Crippen LogP) is 5.00. The smallest absolute Gasteiger partial charge is 0.281 e. The molecule has 3 rings (SSSR count). The van der Waals surface area contributed by atoms with Crippen LogP contribution in [0.25, 0.3) is 10.1 Å². The van der Waals surface area contributed by atoms with E-state index < -0.39 is 10.8 Å². The maximum absolute atomic E-state index is 12.3. The molecule has 0 fully saturated rings. The van der Waals surface area contributed by atoms with E-state index in [1.165, 1.54) is 36.8 Å². The quantitative estimate of drug-likeness (QED) is 0.324. The van der Waals surface area contributed by atoms with Crippen molar-refractivity contribution in [3.8, 4) is 5.75 Å². The van der Waals surface area contributed by atoms with Crippen LogP contribution in [0.1, 0.15) is 15.2 Å². The molecule has 3 aromatic rings. The van der Waals surface area contributed by atoms with Crippen LogP contribution in [-0.2, 0) is 0 Å². The van der Waals surface area contributed by atoms with Crippen LogP contribution in [0.4, 0.5) is 5.69 Å². The Balaban J connectivity index is 1.75. The molecule has 2 aromatic carbocycles. The van der Waals surface area contributed by atoms with Gasteiger partial charge in [-0.05, 0) is 45.8 Å². The number of hydrogen-bond donors (Lipinski definition) is 1. The maximum atomic E-state index is 12.3. The number of fused-ring (bicyclic) bond motifs is 1. The number of nitro groups is 1. The van der Waals surface area contributed by atoms with Crippen molar-refractivity contribution in [2.45, 2.75) is 0 Å². The van der Waals surface area contributed by atoms with Crippen LogP contribution in [0.5, 0.6) is 5.75 Å². The molecule has 1 aromatic heterocycles. The van der Waals surface area contributed by atoms with Crippen molar-refractivity contribution in [2.75, 3.05) is 7.11 Å². The molecule has 7 nitrogen and oxygen atoms in total. The zero-order valence-corrected chi connectivity index (χ0v) is 16.9. The summed E-state index contributed by atoms with van der Waals surface area (Å²) in [5, 5.41) is 15.8. The van der Waals surface area contributed by atoms with E-state index in [0.717, 1.165) is 4.70 Å². The molecule has 0 saturated heterocycles. The molecular formula is C17H11BrClN3O4S. The Bertz CT molecular complexity index is 1060. The highest BCUT2D eigenvalue weighted by Gasteiger charge is 2.13. The summed E-state index contributed by atoms with van der Waals surface area (Å²) < 4.78 is 6.59. The van der Waals surface area contributed by atoms with E-state index in [-0.39, 0.29) is 5.69 Å². The number of halogens is 2. The van der Waals surface area contributed by atoms with E-state index in [0.29, 0.717) is 31.1 Å². The van der Waals surface area contributed by atoms with Gasteiger partial charge in [0.25, 0.3) is 11.6 Å². The molecule has 10 heteroatoms. The maximum Gasteiger partial charge on any atom is 0.281 e.